The number of rotatable bonds is 45. The molecule has 0 aromatic rings. The van der Waals surface area contributed by atoms with E-state index in [0.29, 0.717) is 19.3 Å². The maximum absolute atomic E-state index is 12.8. The van der Waals surface area contributed by atoms with E-state index in [1.807, 2.05) is 0 Å². The van der Waals surface area contributed by atoms with Crippen molar-refractivity contribution in [1.82, 2.24) is 0 Å². The Morgan fingerprint density at radius 2 is 0.726 bits per heavy atom. The Kier molecular flexibility index (Phi) is 47.5. The Hall–Kier alpha value is -3.41. The van der Waals surface area contributed by atoms with Crippen molar-refractivity contribution in [2.24, 2.45) is 0 Å². The molecule has 0 aromatic carbocycles. The molecule has 0 saturated heterocycles. The van der Waals surface area contributed by atoms with Crippen LogP contribution in [0.2, 0.25) is 0 Å². The Labute approximate surface area is 382 Å². The molecule has 6 nitrogen and oxygen atoms in total. The Balaban J connectivity index is 4.42. The molecule has 62 heavy (non-hydrogen) atoms. The average Bonchev–Trinajstić information content (AvgIpc) is 3.27. The summed E-state index contributed by atoms with van der Waals surface area (Å²) in [7, 11) is 0. The molecule has 0 aliphatic heterocycles. The lowest BCUT2D eigenvalue weighted by molar-refractivity contribution is -0.167. The van der Waals surface area contributed by atoms with Crippen LogP contribution in [0.25, 0.3) is 0 Å². The third-order valence-electron chi connectivity index (χ3n) is 10.7. The van der Waals surface area contributed by atoms with E-state index in [1.54, 1.807) is 0 Å². The normalized spacial score (nSPS) is 12.8. The summed E-state index contributed by atoms with van der Waals surface area (Å²) in [5.41, 5.74) is 0. The first-order valence-corrected chi connectivity index (χ1v) is 25.6. The van der Waals surface area contributed by atoms with Gasteiger partial charge in [-0.3, -0.25) is 14.4 Å². The van der Waals surface area contributed by atoms with E-state index >= 15 is 0 Å². The number of carbonyl (C=O) groups is 3. The minimum Gasteiger partial charge on any atom is -0.462 e. The summed E-state index contributed by atoms with van der Waals surface area (Å²) in [6, 6.07) is 0. The zero-order chi connectivity index (χ0) is 45.1. The molecule has 1 unspecified atom stereocenters. The third-order valence-corrected chi connectivity index (χ3v) is 10.7. The first-order valence-electron chi connectivity index (χ1n) is 25.6. The van der Waals surface area contributed by atoms with E-state index in [4.69, 9.17) is 14.2 Å². The zero-order valence-corrected chi connectivity index (χ0v) is 40.4. The van der Waals surface area contributed by atoms with Crippen molar-refractivity contribution in [2.45, 2.75) is 239 Å². The average molecular weight is 863 g/mol. The molecule has 6 heteroatoms. The van der Waals surface area contributed by atoms with Crippen molar-refractivity contribution in [1.29, 1.82) is 0 Å². The molecule has 0 radical (unpaired) electrons. The van der Waals surface area contributed by atoms with Gasteiger partial charge >= 0.3 is 17.9 Å². The standard InChI is InChI=1S/C56H94O6/c1-4-7-10-13-16-19-22-24-26-27-28-30-31-34-37-40-43-46-49-55(58)61-52-53(51-60-54(57)48-45-42-39-36-33-21-18-15-12-9-6-3)62-56(59)50-47-44-41-38-35-32-29-25-23-20-17-14-11-8-5-2/h8-9,11-12,14,17-18,20-21,23,28,30,36,39,53H,4-7,10,13,15-16,19,22,24-27,29,31-35,37-38,40-52H2,1-3H3/b11-8-,12-9-,17-14-,21-18-,23-20-,30-28-,39-36-. The molecule has 1 atom stereocenters. The lowest BCUT2D eigenvalue weighted by atomic mass is 10.1. The van der Waals surface area contributed by atoms with Crippen molar-refractivity contribution < 1.29 is 28.6 Å². The summed E-state index contributed by atoms with van der Waals surface area (Å²) in [6.45, 7) is 6.32. The molecule has 0 bridgehead atoms. The van der Waals surface area contributed by atoms with Gasteiger partial charge in [0.2, 0.25) is 0 Å². The SMILES string of the molecule is CC\C=C/C=C\C=C/CCCCCCCCCC(=O)OC(COC(=O)CCC/C=C\C/C=C\C/C=C\CC)COC(=O)CCCCCCC/C=C\CCCCCCCCCCC. The highest BCUT2D eigenvalue weighted by molar-refractivity contribution is 5.71. The monoisotopic (exact) mass is 863 g/mol. The second kappa shape index (κ2) is 50.2. The largest absolute Gasteiger partial charge is 0.462 e. The molecule has 0 spiro atoms. The quantitative estimate of drug-likeness (QED) is 0.0199. The van der Waals surface area contributed by atoms with Gasteiger partial charge in [0, 0.05) is 19.3 Å². The zero-order valence-electron chi connectivity index (χ0n) is 40.4. The maximum Gasteiger partial charge on any atom is 0.306 e. The molecular formula is C56H94O6. The smallest absolute Gasteiger partial charge is 0.306 e. The second-order valence-corrected chi connectivity index (χ2v) is 16.7. The van der Waals surface area contributed by atoms with Gasteiger partial charge in [0.25, 0.3) is 0 Å². The van der Waals surface area contributed by atoms with Crippen LogP contribution in [0, 0.1) is 0 Å². The number of unbranched alkanes of at least 4 members (excludes halogenated alkanes) is 22. The van der Waals surface area contributed by atoms with E-state index in [1.165, 1.54) is 96.3 Å². The lowest BCUT2D eigenvalue weighted by Crippen LogP contribution is -2.30. The fraction of sp³-hybridized carbons (Fsp3) is 0.696. The van der Waals surface area contributed by atoms with Gasteiger partial charge in [0.15, 0.2) is 6.10 Å². The fourth-order valence-corrected chi connectivity index (χ4v) is 6.87. The van der Waals surface area contributed by atoms with Crippen molar-refractivity contribution in [2.75, 3.05) is 13.2 Å². The van der Waals surface area contributed by atoms with Crippen LogP contribution < -0.4 is 0 Å². The predicted molar refractivity (Wildman–Crippen MR) is 265 cm³/mol. The van der Waals surface area contributed by atoms with Crippen LogP contribution in [0.3, 0.4) is 0 Å². The summed E-state index contributed by atoms with van der Waals surface area (Å²) in [5, 5.41) is 0. The molecule has 0 N–H and O–H groups in total. The number of ether oxygens (including phenoxy) is 3. The van der Waals surface area contributed by atoms with Gasteiger partial charge in [0.1, 0.15) is 13.2 Å². The highest BCUT2D eigenvalue weighted by atomic mass is 16.6. The van der Waals surface area contributed by atoms with Crippen molar-refractivity contribution in [3.05, 3.63) is 85.1 Å². The van der Waals surface area contributed by atoms with Gasteiger partial charge in [-0.25, -0.2) is 0 Å². The molecule has 0 aromatic heterocycles. The molecule has 0 heterocycles. The number of esters is 3. The molecule has 0 rings (SSSR count). The minimum atomic E-state index is -0.806. The van der Waals surface area contributed by atoms with Crippen LogP contribution in [0.1, 0.15) is 233 Å². The van der Waals surface area contributed by atoms with Crippen LogP contribution in [0.4, 0.5) is 0 Å². The van der Waals surface area contributed by atoms with Crippen LogP contribution >= 0.6 is 0 Å². The summed E-state index contributed by atoms with van der Waals surface area (Å²) in [6.07, 6.45) is 64.4. The molecule has 0 aliphatic rings. The van der Waals surface area contributed by atoms with Crippen LogP contribution in [0.5, 0.6) is 0 Å². The number of allylic oxidation sites excluding steroid dienone is 14. The first-order chi connectivity index (χ1) is 30.5. The molecule has 0 saturated carbocycles. The lowest BCUT2D eigenvalue weighted by Gasteiger charge is -2.18. The number of hydrogen-bond donors (Lipinski definition) is 0. The van der Waals surface area contributed by atoms with Gasteiger partial charge in [0.05, 0.1) is 0 Å². The van der Waals surface area contributed by atoms with Crippen LogP contribution in [-0.2, 0) is 28.6 Å². The molecule has 0 fully saturated rings. The van der Waals surface area contributed by atoms with E-state index in [2.05, 4.69) is 106 Å². The van der Waals surface area contributed by atoms with Gasteiger partial charge in [-0.05, 0) is 89.9 Å². The van der Waals surface area contributed by atoms with Crippen LogP contribution in [-0.4, -0.2) is 37.2 Å². The van der Waals surface area contributed by atoms with Gasteiger partial charge in [-0.15, -0.1) is 0 Å². The maximum atomic E-state index is 12.8. The highest BCUT2D eigenvalue weighted by Gasteiger charge is 2.19. The molecule has 354 valence electrons. The second-order valence-electron chi connectivity index (χ2n) is 16.7. The van der Waals surface area contributed by atoms with Crippen molar-refractivity contribution in [3.63, 3.8) is 0 Å². The Morgan fingerprint density at radius 1 is 0.355 bits per heavy atom. The summed E-state index contributed by atoms with van der Waals surface area (Å²) < 4.78 is 16.7. The van der Waals surface area contributed by atoms with Crippen molar-refractivity contribution >= 4 is 17.9 Å². The van der Waals surface area contributed by atoms with Crippen LogP contribution in [0.15, 0.2) is 85.1 Å². The highest BCUT2D eigenvalue weighted by Crippen LogP contribution is 2.14. The van der Waals surface area contributed by atoms with E-state index in [-0.39, 0.29) is 37.5 Å². The summed E-state index contributed by atoms with van der Waals surface area (Å²) >= 11 is 0. The summed E-state index contributed by atoms with van der Waals surface area (Å²) in [5.74, 6) is -0.981. The van der Waals surface area contributed by atoms with Gasteiger partial charge in [-0.2, -0.15) is 0 Å². The predicted octanol–water partition coefficient (Wildman–Crippen LogP) is 16.8. The minimum absolute atomic E-state index is 0.102. The van der Waals surface area contributed by atoms with Gasteiger partial charge in [-0.1, -0.05) is 209 Å². The Morgan fingerprint density at radius 3 is 1.24 bits per heavy atom. The number of hydrogen-bond acceptors (Lipinski definition) is 6. The molecule has 0 amide bonds. The molecule has 0 aliphatic carbocycles. The van der Waals surface area contributed by atoms with E-state index < -0.39 is 6.10 Å². The van der Waals surface area contributed by atoms with Crippen molar-refractivity contribution in [3.8, 4) is 0 Å². The van der Waals surface area contributed by atoms with Gasteiger partial charge < -0.3 is 14.2 Å². The topological polar surface area (TPSA) is 78.9 Å². The summed E-state index contributed by atoms with van der Waals surface area (Å²) in [4.78, 5) is 37.9. The first kappa shape index (κ1) is 58.6. The Bertz CT molecular complexity index is 1220. The third kappa shape index (κ3) is 47.6. The number of carbonyl (C=O) groups excluding carboxylic acids is 3. The van der Waals surface area contributed by atoms with E-state index in [9.17, 15) is 14.4 Å². The van der Waals surface area contributed by atoms with E-state index in [0.717, 1.165) is 89.9 Å². The molecular weight excluding hydrogens is 769 g/mol. The fourth-order valence-electron chi connectivity index (χ4n) is 6.87.